The molecule has 2 N–H and O–H groups in total. The number of hydrogen-bond acceptors (Lipinski definition) is 5. The zero-order chi connectivity index (χ0) is 26.9. The highest BCUT2D eigenvalue weighted by atomic mass is 28.4. The highest BCUT2D eigenvalue weighted by molar-refractivity contribution is 6.99. The van der Waals surface area contributed by atoms with Crippen LogP contribution in [0.5, 0.6) is 0 Å². The van der Waals surface area contributed by atoms with Gasteiger partial charge in [0.2, 0.25) is 0 Å². The van der Waals surface area contributed by atoms with Crippen LogP contribution in [0.15, 0.2) is 72.8 Å². The first-order chi connectivity index (χ1) is 17.7. The van der Waals surface area contributed by atoms with E-state index in [2.05, 4.69) is 63.5 Å². The third kappa shape index (κ3) is 7.64. The van der Waals surface area contributed by atoms with Crippen LogP contribution in [-0.2, 0) is 13.9 Å². The van der Waals surface area contributed by atoms with Crippen molar-refractivity contribution in [1.29, 1.82) is 0 Å². The molecule has 2 aromatic rings. The van der Waals surface area contributed by atoms with Gasteiger partial charge in [-0.2, -0.15) is 0 Å². The fourth-order valence-corrected chi connectivity index (χ4v) is 9.61. The van der Waals surface area contributed by atoms with Crippen LogP contribution in [0.1, 0.15) is 46.5 Å². The fourth-order valence-electron chi connectivity index (χ4n) is 5.01. The lowest BCUT2D eigenvalue weighted by atomic mass is 9.99. The van der Waals surface area contributed by atoms with E-state index in [1.54, 1.807) is 7.11 Å². The Balaban J connectivity index is 1.71. The Kier molecular flexibility index (Phi) is 10.7. The molecule has 0 radical (unpaired) electrons. The molecule has 6 heteroatoms. The van der Waals surface area contributed by atoms with Crippen LogP contribution in [0, 0.1) is 11.8 Å². The van der Waals surface area contributed by atoms with E-state index in [4.69, 9.17) is 13.9 Å². The van der Waals surface area contributed by atoms with Crippen molar-refractivity contribution in [2.45, 2.75) is 75.9 Å². The summed E-state index contributed by atoms with van der Waals surface area (Å²) in [4.78, 5) is 0. The average molecular weight is 523 g/mol. The summed E-state index contributed by atoms with van der Waals surface area (Å²) in [6, 6.07) is 20.8. The molecule has 4 atom stereocenters. The molecule has 0 aliphatic carbocycles. The van der Waals surface area contributed by atoms with Gasteiger partial charge >= 0.3 is 0 Å². The Morgan fingerprint density at radius 3 is 2.22 bits per heavy atom. The van der Waals surface area contributed by atoms with E-state index in [1.165, 1.54) is 10.4 Å². The molecule has 0 aromatic heterocycles. The van der Waals surface area contributed by atoms with Gasteiger partial charge in [0.15, 0.2) is 0 Å². The van der Waals surface area contributed by atoms with Gasteiger partial charge in [-0.1, -0.05) is 99.9 Å². The Bertz CT molecular complexity index is 999. The Hall–Kier alpha value is -2.24. The Morgan fingerprint density at radius 2 is 1.70 bits per heavy atom. The minimum Gasteiger partial charge on any atom is -0.405 e. The topological polar surface area (TPSA) is 68.2 Å². The maximum Gasteiger partial charge on any atom is 0.261 e. The van der Waals surface area contributed by atoms with E-state index >= 15 is 0 Å². The first kappa shape index (κ1) is 29.3. The number of aliphatic hydroxyl groups excluding tert-OH is 2. The first-order valence-electron chi connectivity index (χ1n) is 13.1. The molecule has 1 aliphatic rings. The monoisotopic (exact) mass is 522 g/mol. The lowest BCUT2D eigenvalue weighted by Gasteiger charge is -2.43. The van der Waals surface area contributed by atoms with Gasteiger partial charge in [-0.25, -0.2) is 0 Å². The normalized spacial score (nSPS) is 19.9. The van der Waals surface area contributed by atoms with Crippen molar-refractivity contribution in [3.63, 3.8) is 0 Å². The van der Waals surface area contributed by atoms with E-state index in [1.807, 2.05) is 36.4 Å². The summed E-state index contributed by atoms with van der Waals surface area (Å²) in [5.74, 6) is 6.13. The van der Waals surface area contributed by atoms with E-state index < -0.39 is 26.6 Å². The zero-order valence-electron chi connectivity index (χ0n) is 22.7. The summed E-state index contributed by atoms with van der Waals surface area (Å²) in [7, 11) is -1.14. The van der Waals surface area contributed by atoms with E-state index in [-0.39, 0.29) is 17.7 Å². The van der Waals surface area contributed by atoms with Crippen LogP contribution in [0.4, 0.5) is 0 Å². The lowest BCUT2D eigenvalue weighted by Crippen LogP contribution is -2.67. The molecule has 1 unspecified atom stereocenters. The minimum atomic E-state index is -2.73. The molecular weight excluding hydrogens is 480 g/mol. The average Bonchev–Trinajstić information content (AvgIpc) is 2.88. The zero-order valence-corrected chi connectivity index (χ0v) is 23.7. The maximum atomic E-state index is 11.0. The van der Waals surface area contributed by atoms with Gasteiger partial charge in [0.1, 0.15) is 6.10 Å². The summed E-state index contributed by atoms with van der Waals surface area (Å²) < 4.78 is 18.0. The first-order valence-corrected chi connectivity index (χ1v) is 15.0. The van der Waals surface area contributed by atoms with Gasteiger partial charge in [-0.3, -0.25) is 0 Å². The Morgan fingerprint density at radius 1 is 1.11 bits per heavy atom. The number of ether oxygens (including phenoxy) is 2. The van der Waals surface area contributed by atoms with Crippen LogP contribution in [0.25, 0.3) is 0 Å². The number of hydrogen-bond donors (Lipinski definition) is 2. The van der Waals surface area contributed by atoms with Crippen molar-refractivity contribution in [2.75, 3.05) is 20.3 Å². The molecule has 1 fully saturated rings. The number of rotatable bonds is 10. The molecule has 37 heavy (non-hydrogen) atoms. The SMILES string of the molecule is C=C(C#CC(C[C@H](O)CO[Si](c1ccccc1)(c1ccccc1)C(C)(C)C)OC)C[C@H]1OCCC[C@@H]1O. The van der Waals surface area contributed by atoms with Crippen LogP contribution in [-0.4, -0.2) is 63.3 Å². The predicted octanol–water partition coefficient (Wildman–Crippen LogP) is 3.82. The van der Waals surface area contributed by atoms with Crippen LogP contribution in [0.3, 0.4) is 0 Å². The van der Waals surface area contributed by atoms with Crippen molar-refractivity contribution >= 4 is 18.7 Å². The van der Waals surface area contributed by atoms with Crippen LogP contribution >= 0.6 is 0 Å². The van der Waals surface area contributed by atoms with Gasteiger partial charge in [0, 0.05) is 26.6 Å². The van der Waals surface area contributed by atoms with E-state index in [0.717, 1.165) is 12.8 Å². The minimum absolute atomic E-state index is 0.167. The third-order valence-corrected chi connectivity index (χ3v) is 11.9. The van der Waals surface area contributed by atoms with Crippen molar-refractivity contribution in [2.24, 2.45) is 0 Å². The fraction of sp³-hybridized carbons (Fsp3) is 0.484. The van der Waals surface area contributed by atoms with Gasteiger partial charge in [-0.15, -0.1) is 0 Å². The smallest absolute Gasteiger partial charge is 0.261 e. The van der Waals surface area contributed by atoms with Crippen molar-refractivity contribution in [3.05, 3.63) is 72.8 Å². The molecule has 1 heterocycles. The van der Waals surface area contributed by atoms with Crippen molar-refractivity contribution in [1.82, 2.24) is 0 Å². The lowest BCUT2D eigenvalue weighted by molar-refractivity contribution is -0.0720. The number of benzene rings is 2. The number of aliphatic hydroxyl groups is 2. The second-order valence-electron chi connectivity index (χ2n) is 10.8. The second kappa shape index (κ2) is 13.5. The largest absolute Gasteiger partial charge is 0.405 e. The van der Waals surface area contributed by atoms with Crippen LogP contribution in [0.2, 0.25) is 5.04 Å². The second-order valence-corrected chi connectivity index (χ2v) is 15.1. The van der Waals surface area contributed by atoms with Gasteiger partial charge in [0.25, 0.3) is 8.32 Å². The highest BCUT2D eigenvalue weighted by Crippen LogP contribution is 2.36. The van der Waals surface area contributed by atoms with E-state index in [0.29, 0.717) is 25.0 Å². The summed E-state index contributed by atoms with van der Waals surface area (Å²) in [5.41, 5.74) is 0.686. The van der Waals surface area contributed by atoms with E-state index in [9.17, 15) is 10.2 Å². The summed E-state index contributed by atoms with van der Waals surface area (Å²) in [6.45, 7) is 11.5. The van der Waals surface area contributed by atoms with Crippen molar-refractivity contribution in [3.8, 4) is 11.8 Å². The third-order valence-electron chi connectivity index (χ3n) is 6.94. The Labute approximate surface area is 223 Å². The van der Waals surface area contributed by atoms with Gasteiger partial charge < -0.3 is 24.1 Å². The molecule has 0 bridgehead atoms. The standard InChI is InChI=1S/C31H42O5Si/c1-24(21-30-29(33)17-12-20-35-30)18-19-26(34-5)22-25(32)23-36-37(31(2,3)4,27-13-8-6-9-14-27)28-15-10-7-11-16-28/h6-11,13-16,25-26,29-30,32-33H,1,12,17,20-23H2,2-5H3/t25-,26?,29-,30+/m0/s1. The quantitative estimate of drug-likeness (QED) is 0.367. The van der Waals surface area contributed by atoms with Gasteiger partial charge in [0.05, 0.1) is 24.9 Å². The summed E-state index contributed by atoms with van der Waals surface area (Å²) in [5, 5.41) is 23.3. The summed E-state index contributed by atoms with van der Waals surface area (Å²) >= 11 is 0. The molecule has 3 rings (SSSR count). The molecule has 0 spiro atoms. The predicted molar refractivity (Wildman–Crippen MR) is 152 cm³/mol. The molecule has 0 amide bonds. The van der Waals surface area contributed by atoms with Gasteiger partial charge in [-0.05, 0) is 33.8 Å². The summed E-state index contributed by atoms with van der Waals surface area (Å²) in [6.07, 6.45) is 0.457. The molecule has 1 aliphatic heterocycles. The molecule has 5 nitrogen and oxygen atoms in total. The highest BCUT2D eigenvalue weighted by Gasteiger charge is 2.50. The number of methoxy groups -OCH3 is 1. The van der Waals surface area contributed by atoms with Crippen molar-refractivity contribution < 1.29 is 24.1 Å². The molecule has 2 aromatic carbocycles. The molecule has 1 saturated heterocycles. The molecule has 0 saturated carbocycles. The van der Waals surface area contributed by atoms with Crippen LogP contribution < -0.4 is 10.4 Å². The maximum absolute atomic E-state index is 11.0. The molecular formula is C31H42O5Si. The molecule has 200 valence electrons.